The number of amidine groups is 1. The molecule has 0 amide bonds. The maximum Gasteiger partial charge on any atom is 0.0931 e. The minimum Gasteiger partial charge on any atom is -0.374 e. The van der Waals surface area contributed by atoms with Crippen molar-refractivity contribution in [1.29, 1.82) is 0 Å². The van der Waals surface area contributed by atoms with Gasteiger partial charge in [0, 0.05) is 13.1 Å². The van der Waals surface area contributed by atoms with Crippen LogP contribution in [0.2, 0.25) is 0 Å². The van der Waals surface area contributed by atoms with Gasteiger partial charge in [-0.25, -0.2) is 0 Å². The van der Waals surface area contributed by atoms with E-state index in [2.05, 4.69) is 40.6 Å². The van der Waals surface area contributed by atoms with Crippen molar-refractivity contribution in [1.82, 2.24) is 5.32 Å². The van der Waals surface area contributed by atoms with Crippen molar-refractivity contribution >= 4 is 5.84 Å². The van der Waals surface area contributed by atoms with Gasteiger partial charge < -0.3 is 5.32 Å². The maximum absolute atomic E-state index is 4.41. The van der Waals surface area contributed by atoms with E-state index in [0.29, 0.717) is 5.92 Å². The van der Waals surface area contributed by atoms with Gasteiger partial charge >= 0.3 is 0 Å². The van der Waals surface area contributed by atoms with Crippen LogP contribution in [0.1, 0.15) is 12.5 Å². The number of aliphatic imine (C=N–C) groups is 1. The molecule has 1 aromatic carbocycles. The summed E-state index contributed by atoms with van der Waals surface area (Å²) >= 11 is 0. The monoisotopic (exact) mass is 188 g/mol. The van der Waals surface area contributed by atoms with Crippen molar-refractivity contribution in [2.45, 2.75) is 13.3 Å². The van der Waals surface area contributed by atoms with Crippen molar-refractivity contribution < 1.29 is 0 Å². The molecule has 0 bridgehead atoms. The summed E-state index contributed by atoms with van der Waals surface area (Å²) in [4.78, 5) is 4.41. The molecule has 1 atom stereocenters. The average Bonchev–Trinajstić information content (AvgIpc) is 2.23. The quantitative estimate of drug-likeness (QED) is 0.752. The smallest absolute Gasteiger partial charge is 0.0931 e. The summed E-state index contributed by atoms with van der Waals surface area (Å²) in [6.07, 6.45) is 1.13. The highest BCUT2D eigenvalue weighted by Gasteiger charge is 2.12. The standard InChI is InChI=1S/C12H16N2/c1-10-13-8-12(9-14-10)7-11-5-3-2-4-6-11/h2-6,12H,7-9H2,1H3,(H,13,14). The Morgan fingerprint density at radius 2 is 2.14 bits per heavy atom. The van der Waals surface area contributed by atoms with Crippen molar-refractivity contribution in [3.05, 3.63) is 35.9 Å². The number of benzene rings is 1. The Morgan fingerprint density at radius 3 is 2.79 bits per heavy atom. The number of rotatable bonds is 2. The highest BCUT2D eigenvalue weighted by atomic mass is 15.0. The fourth-order valence-corrected chi connectivity index (χ4v) is 1.76. The number of nitrogens with zero attached hydrogens (tertiary/aromatic N) is 1. The molecule has 2 nitrogen and oxygen atoms in total. The highest BCUT2D eigenvalue weighted by Crippen LogP contribution is 2.10. The number of hydrogen-bond donors (Lipinski definition) is 1. The van der Waals surface area contributed by atoms with Crippen LogP contribution in [-0.4, -0.2) is 18.9 Å². The van der Waals surface area contributed by atoms with E-state index in [1.165, 1.54) is 5.56 Å². The summed E-state index contributed by atoms with van der Waals surface area (Å²) in [6, 6.07) is 10.6. The third-order valence-corrected chi connectivity index (χ3v) is 2.60. The third kappa shape index (κ3) is 2.34. The molecule has 1 aromatic rings. The fraction of sp³-hybridized carbons (Fsp3) is 0.417. The molecule has 0 aliphatic carbocycles. The Balaban J connectivity index is 1.93. The molecule has 1 unspecified atom stereocenters. The lowest BCUT2D eigenvalue weighted by atomic mass is 9.98. The van der Waals surface area contributed by atoms with Crippen molar-refractivity contribution in [3.63, 3.8) is 0 Å². The maximum atomic E-state index is 4.41. The number of hydrogen-bond acceptors (Lipinski definition) is 2. The Morgan fingerprint density at radius 1 is 1.36 bits per heavy atom. The van der Waals surface area contributed by atoms with Crippen LogP contribution in [0.3, 0.4) is 0 Å². The minimum absolute atomic E-state index is 0.654. The molecule has 14 heavy (non-hydrogen) atoms. The van der Waals surface area contributed by atoms with Crippen LogP contribution in [-0.2, 0) is 6.42 Å². The predicted octanol–water partition coefficient (Wildman–Crippen LogP) is 1.87. The van der Waals surface area contributed by atoms with E-state index in [4.69, 9.17) is 0 Å². The van der Waals surface area contributed by atoms with E-state index in [9.17, 15) is 0 Å². The average molecular weight is 188 g/mol. The van der Waals surface area contributed by atoms with Gasteiger partial charge in [0.2, 0.25) is 0 Å². The van der Waals surface area contributed by atoms with Crippen LogP contribution < -0.4 is 5.32 Å². The first-order chi connectivity index (χ1) is 6.84. The Kier molecular flexibility index (Phi) is 2.82. The summed E-state index contributed by atoms with van der Waals surface area (Å²) in [5.41, 5.74) is 1.41. The van der Waals surface area contributed by atoms with Gasteiger partial charge in [0.15, 0.2) is 0 Å². The molecular formula is C12H16N2. The van der Waals surface area contributed by atoms with Gasteiger partial charge in [0.1, 0.15) is 0 Å². The molecule has 1 heterocycles. The molecular weight excluding hydrogens is 172 g/mol. The largest absolute Gasteiger partial charge is 0.374 e. The van der Waals surface area contributed by atoms with Crippen LogP contribution in [0.5, 0.6) is 0 Å². The van der Waals surface area contributed by atoms with E-state index < -0.39 is 0 Å². The molecule has 0 saturated heterocycles. The lowest BCUT2D eigenvalue weighted by molar-refractivity contribution is 0.504. The van der Waals surface area contributed by atoms with Gasteiger partial charge in [-0.3, -0.25) is 4.99 Å². The van der Waals surface area contributed by atoms with E-state index >= 15 is 0 Å². The predicted molar refractivity (Wildman–Crippen MR) is 59.6 cm³/mol. The zero-order valence-electron chi connectivity index (χ0n) is 8.53. The van der Waals surface area contributed by atoms with Crippen LogP contribution in [0.15, 0.2) is 35.3 Å². The van der Waals surface area contributed by atoms with Crippen LogP contribution in [0, 0.1) is 5.92 Å². The molecule has 1 N–H and O–H groups in total. The first-order valence-corrected chi connectivity index (χ1v) is 5.13. The van der Waals surface area contributed by atoms with Gasteiger partial charge in [0.25, 0.3) is 0 Å². The lowest BCUT2D eigenvalue weighted by Crippen LogP contribution is -2.34. The first-order valence-electron chi connectivity index (χ1n) is 5.13. The highest BCUT2D eigenvalue weighted by molar-refractivity contribution is 5.79. The Labute approximate surface area is 85.1 Å². The Hall–Kier alpha value is -1.31. The van der Waals surface area contributed by atoms with E-state index in [0.717, 1.165) is 25.3 Å². The first kappa shape index (κ1) is 9.25. The van der Waals surface area contributed by atoms with Gasteiger partial charge in [0.05, 0.1) is 5.84 Å². The molecule has 0 aromatic heterocycles. The molecule has 1 aliphatic rings. The third-order valence-electron chi connectivity index (χ3n) is 2.60. The van der Waals surface area contributed by atoms with Crippen LogP contribution in [0.4, 0.5) is 0 Å². The molecule has 0 fully saturated rings. The summed E-state index contributed by atoms with van der Waals surface area (Å²) in [5.74, 6) is 1.73. The normalized spacial score (nSPS) is 21.2. The minimum atomic E-state index is 0.654. The topological polar surface area (TPSA) is 24.4 Å². The van der Waals surface area contributed by atoms with Crippen molar-refractivity contribution in [3.8, 4) is 0 Å². The van der Waals surface area contributed by atoms with E-state index in [1.54, 1.807) is 0 Å². The summed E-state index contributed by atoms with van der Waals surface area (Å²) in [6.45, 7) is 4.05. The second-order valence-corrected chi connectivity index (χ2v) is 3.86. The second kappa shape index (κ2) is 4.27. The molecule has 74 valence electrons. The second-order valence-electron chi connectivity index (χ2n) is 3.86. The zero-order chi connectivity index (χ0) is 9.80. The van der Waals surface area contributed by atoms with Crippen LogP contribution in [0.25, 0.3) is 0 Å². The molecule has 1 aliphatic heterocycles. The Bertz CT molecular complexity index is 316. The molecule has 0 saturated carbocycles. The summed E-state index contributed by atoms with van der Waals surface area (Å²) in [5, 5.41) is 3.30. The fourth-order valence-electron chi connectivity index (χ4n) is 1.76. The SMILES string of the molecule is CC1=NCC(Cc2ccccc2)CN1. The van der Waals surface area contributed by atoms with Gasteiger partial charge in [-0.1, -0.05) is 30.3 Å². The van der Waals surface area contributed by atoms with Crippen LogP contribution >= 0.6 is 0 Å². The number of nitrogens with one attached hydrogen (secondary N) is 1. The molecule has 2 heteroatoms. The summed E-state index contributed by atoms with van der Waals surface area (Å²) in [7, 11) is 0. The van der Waals surface area contributed by atoms with E-state index in [1.807, 2.05) is 6.92 Å². The summed E-state index contributed by atoms with van der Waals surface area (Å²) < 4.78 is 0. The molecule has 0 radical (unpaired) electrons. The van der Waals surface area contributed by atoms with Gasteiger partial charge in [-0.15, -0.1) is 0 Å². The van der Waals surface area contributed by atoms with Gasteiger partial charge in [-0.2, -0.15) is 0 Å². The lowest BCUT2D eigenvalue weighted by Gasteiger charge is -2.21. The van der Waals surface area contributed by atoms with Crippen molar-refractivity contribution in [2.75, 3.05) is 13.1 Å². The molecule has 0 spiro atoms. The van der Waals surface area contributed by atoms with Gasteiger partial charge in [-0.05, 0) is 24.8 Å². The van der Waals surface area contributed by atoms with E-state index in [-0.39, 0.29) is 0 Å². The molecule has 2 rings (SSSR count). The van der Waals surface area contributed by atoms with Crippen molar-refractivity contribution in [2.24, 2.45) is 10.9 Å². The zero-order valence-corrected chi connectivity index (χ0v) is 8.53.